The fraction of sp³-hybridized carbons (Fsp3) is 0.167. The number of benzene rings is 1. The molecule has 1 unspecified atom stereocenters. The van der Waals surface area contributed by atoms with Crippen LogP contribution in [0.1, 0.15) is 11.7 Å². The van der Waals surface area contributed by atoms with Crippen LogP contribution in [0.25, 0.3) is 0 Å². The van der Waals surface area contributed by atoms with Crippen molar-refractivity contribution in [2.24, 2.45) is 0 Å². The zero-order valence-electron chi connectivity index (χ0n) is 9.51. The second kappa shape index (κ2) is 4.95. The highest BCUT2D eigenvalue weighted by molar-refractivity contribution is 5.83. The Balaban J connectivity index is 2.09. The number of hydrogen-bond acceptors (Lipinski definition) is 3. The minimum atomic E-state index is -1.02. The summed E-state index contributed by atoms with van der Waals surface area (Å²) in [4.78, 5) is 15.5. The molecule has 0 aliphatic rings. The quantitative estimate of drug-likeness (QED) is 0.841. The molecule has 2 rings (SSSR count). The number of halogens is 2. The minimum Gasteiger partial charge on any atom is -0.481 e. The Hall–Kier alpha value is -2.24. The van der Waals surface area contributed by atoms with Gasteiger partial charge in [0.25, 0.3) is 5.91 Å². The van der Waals surface area contributed by atoms with Gasteiger partial charge >= 0.3 is 0 Å². The summed E-state index contributed by atoms with van der Waals surface area (Å²) in [6.45, 7) is 1.52. The maximum absolute atomic E-state index is 12.9. The number of nitrogens with zero attached hydrogens (tertiary/aromatic N) is 2. The predicted molar refractivity (Wildman–Crippen MR) is 59.3 cm³/mol. The highest BCUT2D eigenvalue weighted by Crippen LogP contribution is 2.17. The molecule has 4 nitrogen and oxygen atoms in total. The summed E-state index contributed by atoms with van der Waals surface area (Å²) < 4.78 is 32.1. The lowest BCUT2D eigenvalue weighted by atomic mass is 10.3. The first-order valence-corrected chi connectivity index (χ1v) is 5.22. The SMILES string of the molecule is CC(Oc1ccc(F)c(F)c1)C(=O)n1ccnc1. The zero-order valence-corrected chi connectivity index (χ0v) is 9.51. The summed E-state index contributed by atoms with van der Waals surface area (Å²) in [7, 11) is 0. The van der Waals surface area contributed by atoms with Crippen LogP contribution < -0.4 is 4.74 Å². The Labute approximate surface area is 102 Å². The van der Waals surface area contributed by atoms with Gasteiger partial charge in [-0.2, -0.15) is 0 Å². The molecule has 6 heteroatoms. The van der Waals surface area contributed by atoms with Crippen molar-refractivity contribution in [2.75, 3.05) is 0 Å². The molecule has 0 fully saturated rings. The highest BCUT2D eigenvalue weighted by Gasteiger charge is 2.17. The van der Waals surface area contributed by atoms with E-state index in [9.17, 15) is 13.6 Å². The minimum absolute atomic E-state index is 0.0925. The normalized spacial score (nSPS) is 12.2. The van der Waals surface area contributed by atoms with E-state index in [1.807, 2.05) is 0 Å². The summed E-state index contributed by atoms with van der Waals surface area (Å²) in [5.41, 5.74) is 0. The Kier molecular flexibility index (Phi) is 3.36. The average Bonchev–Trinajstić information content (AvgIpc) is 2.86. The standard InChI is InChI=1S/C12H10F2N2O2/c1-8(12(17)16-5-4-15-7-16)18-9-2-3-10(13)11(14)6-9/h2-8H,1H3. The fourth-order valence-corrected chi connectivity index (χ4v) is 1.40. The van der Waals surface area contributed by atoms with E-state index in [1.165, 1.54) is 36.3 Å². The van der Waals surface area contributed by atoms with E-state index in [1.54, 1.807) is 0 Å². The van der Waals surface area contributed by atoms with Gasteiger partial charge in [-0.1, -0.05) is 0 Å². The largest absolute Gasteiger partial charge is 0.481 e. The molecular weight excluding hydrogens is 242 g/mol. The van der Waals surface area contributed by atoms with Crippen molar-refractivity contribution >= 4 is 5.91 Å². The van der Waals surface area contributed by atoms with Crippen molar-refractivity contribution < 1.29 is 18.3 Å². The van der Waals surface area contributed by atoms with E-state index in [2.05, 4.69) is 4.98 Å². The van der Waals surface area contributed by atoms with Gasteiger partial charge in [0, 0.05) is 18.5 Å². The molecule has 1 heterocycles. The van der Waals surface area contributed by atoms with Crippen LogP contribution in [0.4, 0.5) is 8.78 Å². The first-order valence-electron chi connectivity index (χ1n) is 5.22. The Morgan fingerprint density at radius 2 is 2.17 bits per heavy atom. The molecule has 0 spiro atoms. The molecule has 0 saturated heterocycles. The monoisotopic (exact) mass is 252 g/mol. The average molecular weight is 252 g/mol. The van der Waals surface area contributed by atoms with Crippen molar-refractivity contribution in [3.05, 3.63) is 48.6 Å². The van der Waals surface area contributed by atoms with Gasteiger partial charge in [-0.15, -0.1) is 0 Å². The molecule has 94 valence electrons. The third-order valence-corrected chi connectivity index (χ3v) is 2.31. The second-order valence-electron chi connectivity index (χ2n) is 3.64. The first kappa shape index (κ1) is 12.2. The summed E-state index contributed by atoms with van der Waals surface area (Å²) in [6, 6.07) is 3.10. The van der Waals surface area contributed by atoms with Crippen LogP contribution in [-0.4, -0.2) is 21.6 Å². The summed E-state index contributed by atoms with van der Waals surface area (Å²) >= 11 is 0. The lowest BCUT2D eigenvalue weighted by molar-refractivity contribution is 0.0727. The molecular formula is C12H10F2N2O2. The van der Waals surface area contributed by atoms with E-state index < -0.39 is 17.7 Å². The van der Waals surface area contributed by atoms with Gasteiger partial charge in [-0.25, -0.2) is 13.8 Å². The van der Waals surface area contributed by atoms with Gasteiger partial charge in [0.1, 0.15) is 12.1 Å². The smallest absolute Gasteiger partial charge is 0.272 e. The van der Waals surface area contributed by atoms with Crippen LogP contribution in [0.5, 0.6) is 5.75 Å². The summed E-state index contributed by atoms with van der Waals surface area (Å²) in [5, 5.41) is 0. The van der Waals surface area contributed by atoms with Crippen LogP contribution in [0, 0.1) is 11.6 Å². The van der Waals surface area contributed by atoms with Crippen LogP contribution >= 0.6 is 0 Å². The Morgan fingerprint density at radius 1 is 1.39 bits per heavy atom. The number of ether oxygens (including phenoxy) is 1. The molecule has 1 aromatic carbocycles. The van der Waals surface area contributed by atoms with Gasteiger partial charge in [0.15, 0.2) is 17.7 Å². The van der Waals surface area contributed by atoms with E-state index >= 15 is 0 Å². The van der Waals surface area contributed by atoms with Gasteiger partial charge in [-0.3, -0.25) is 9.36 Å². The van der Waals surface area contributed by atoms with Crippen molar-refractivity contribution in [1.82, 2.24) is 9.55 Å². The van der Waals surface area contributed by atoms with Gasteiger partial charge < -0.3 is 4.74 Å². The van der Waals surface area contributed by atoms with Gasteiger partial charge in [0.05, 0.1) is 0 Å². The molecule has 0 bridgehead atoms. The van der Waals surface area contributed by atoms with E-state index in [4.69, 9.17) is 4.74 Å². The van der Waals surface area contributed by atoms with Crippen molar-refractivity contribution in [3.63, 3.8) is 0 Å². The number of hydrogen-bond donors (Lipinski definition) is 0. The number of carbonyl (C=O) groups excluding carboxylic acids is 1. The first-order chi connectivity index (χ1) is 8.58. The molecule has 0 aliphatic carbocycles. The highest BCUT2D eigenvalue weighted by atomic mass is 19.2. The fourth-order valence-electron chi connectivity index (χ4n) is 1.40. The molecule has 0 N–H and O–H groups in total. The molecule has 1 aromatic heterocycles. The van der Waals surface area contributed by atoms with E-state index in [0.29, 0.717) is 0 Å². The van der Waals surface area contributed by atoms with Crippen LogP contribution in [0.2, 0.25) is 0 Å². The lowest BCUT2D eigenvalue weighted by Crippen LogP contribution is -2.28. The van der Waals surface area contributed by atoms with Crippen molar-refractivity contribution in [2.45, 2.75) is 13.0 Å². The summed E-state index contributed by atoms with van der Waals surface area (Å²) in [6.07, 6.45) is 3.45. The van der Waals surface area contributed by atoms with Crippen molar-refractivity contribution in [1.29, 1.82) is 0 Å². The maximum Gasteiger partial charge on any atom is 0.272 e. The molecule has 0 radical (unpaired) electrons. The Bertz CT molecular complexity index is 555. The molecule has 0 amide bonds. The predicted octanol–water partition coefficient (Wildman–Crippen LogP) is 2.27. The van der Waals surface area contributed by atoms with Crippen LogP contribution in [-0.2, 0) is 0 Å². The topological polar surface area (TPSA) is 44.1 Å². The van der Waals surface area contributed by atoms with Gasteiger partial charge in [0.2, 0.25) is 0 Å². The van der Waals surface area contributed by atoms with E-state index in [-0.39, 0.29) is 11.7 Å². The van der Waals surface area contributed by atoms with Crippen molar-refractivity contribution in [3.8, 4) is 5.75 Å². The number of aromatic nitrogens is 2. The number of carbonyl (C=O) groups is 1. The second-order valence-corrected chi connectivity index (χ2v) is 3.64. The van der Waals surface area contributed by atoms with E-state index in [0.717, 1.165) is 12.1 Å². The third kappa shape index (κ3) is 2.53. The van der Waals surface area contributed by atoms with Crippen LogP contribution in [0.3, 0.4) is 0 Å². The molecule has 2 aromatic rings. The maximum atomic E-state index is 12.9. The molecule has 18 heavy (non-hydrogen) atoms. The number of rotatable bonds is 3. The Morgan fingerprint density at radius 3 is 2.78 bits per heavy atom. The van der Waals surface area contributed by atoms with Gasteiger partial charge in [-0.05, 0) is 19.1 Å². The molecule has 0 aliphatic heterocycles. The van der Waals surface area contributed by atoms with Crippen LogP contribution in [0.15, 0.2) is 36.9 Å². The summed E-state index contributed by atoms with van der Waals surface area (Å²) in [5.74, 6) is -2.24. The zero-order chi connectivity index (χ0) is 13.1. The lowest BCUT2D eigenvalue weighted by Gasteiger charge is -2.13. The molecule has 0 saturated carbocycles. The number of imidazole rings is 1. The third-order valence-electron chi connectivity index (χ3n) is 2.31. The molecule has 1 atom stereocenters.